The molecule has 2 aromatic rings. The number of aromatic nitrogens is 3. The number of amides is 1. The van der Waals surface area contributed by atoms with Gasteiger partial charge in [-0.1, -0.05) is 30.3 Å². The lowest BCUT2D eigenvalue weighted by Gasteiger charge is -2.13. The molecule has 2 rings (SSSR count). The Morgan fingerprint density at radius 2 is 2.14 bits per heavy atom. The first-order chi connectivity index (χ1) is 10.2. The summed E-state index contributed by atoms with van der Waals surface area (Å²) in [6.45, 7) is 5.29. The first kappa shape index (κ1) is 15.2. The van der Waals surface area contributed by atoms with Crippen LogP contribution in [0.15, 0.2) is 36.7 Å². The summed E-state index contributed by atoms with van der Waals surface area (Å²) in [5.41, 5.74) is 1.04. The Hall–Kier alpha value is -2.21. The molecule has 0 aliphatic rings. The molecule has 1 aromatic carbocycles. The quantitative estimate of drug-likeness (QED) is 0.838. The fraction of sp³-hybridized carbons (Fsp3) is 0.400. The van der Waals surface area contributed by atoms with E-state index in [0.717, 1.165) is 17.9 Å². The lowest BCUT2D eigenvalue weighted by atomic mass is 10.2. The second-order valence-corrected chi connectivity index (χ2v) is 4.69. The van der Waals surface area contributed by atoms with Crippen LogP contribution in [0.25, 0.3) is 0 Å². The minimum atomic E-state index is -0.511. The van der Waals surface area contributed by atoms with Crippen LogP contribution in [-0.4, -0.2) is 26.8 Å². The van der Waals surface area contributed by atoms with E-state index in [-0.39, 0.29) is 5.91 Å². The molecule has 1 amide bonds. The van der Waals surface area contributed by atoms with E-state index in [1.165, 1.54) is 0 Å². The molecule has 112 valence electrons. The fourth-order valence-electron chi connectivity index (χ4n) is 1.86. The van der Waals surface area contributed by atoms with E-state index in [1.54, 1.807) is 13.3 Å². The Labute approximate surface area is 124 Å². The molecule has 0 unspecified atom stereocenters. The molecule has 0 aliphatic carbocycles. The molecule has 0 radical (unpaired) electrons. The van der Waals surface area contributed by atoms with Crippen molar-refractivity contribution < 1.29 is 9.53 Å². The van der Waals surface area contributed by atoms with Crippen LogP contribution >= 0.6 is 0 Å². The van der Waals surface area contributed by atoms with Crippen molar-refractivity contribution >= 4 is 5.91 Å². The number of benzene rings is 1. The summed E-state index contributed by atoms with van der Waals surface area (Å²) < 4.78 is 7.45. The van der Waals surface area contributed by atoms with E-state index in [0.29, 0.717) is 13.2 Å². The largest absolute Gasteiger partial charge is 0.364 e. The molecule has 0 saturated carbocycles. The summed E-state index contributed by atoms with van der Waals surface area (Å²) in [5.74, 6) is 0.581. The van der Waals surface area contributed by atoms with Crippen LogP contribution in [0.5, 0.6) is 0 Å². The Morgan fingerprint density at radius 3 is 2.86 bits per heavy atom. The highest BCUT2D eigenvalue weighted by Crippen LogP contribution is 2.03. The van der Waals surface area contributed by atoms with Gasteiger partial charge in [-0.15, -0.1) is 10.2 Å². The number of aryl methyl sites for hydroxylation is 1. The third-order valence-electron chi connectivity index (χ3n) is 3.17. The number of hydrogen-bond donors (Lipinski definition) is 1. The van der Waals surface area contributed by atoms with Gasteiger partial charge in [-0.2, -0.15) is 0 Å². The maximum Gasteiger partial charge on any atom is 0.249 e. The SMILES string of the molecule is CCn1cnnc1CNC(=O)[C@@H](C)OCc1ccccc1. The van der Waals surface area contributed by atoms with Crippen LogP contribution in [0.2, 0.25) is 0 Å². The van der Waals surface area contributed by atoms with Gasteiger partial charge in [-0.05, 0) is 19.4 Å². The molecule has 0 aliphatic heterocycles. The molecule has 1 aromatic heterocycles. The minimum absolute atomic E-state index is 0.156. The molecule has 0 spiro atoms. The van der Waals surface area contributed by atoms with Crippen LogP contribution in [-0.2, 0) is 29.2 Å². The van der Waals surface area contributed by atoms with Crippen molar-refractivity contribution in [2.75, 3.05) is 0 Å². The number of rotatable bonds is 7. The molecule has 1 N–H and O–H groups in total. The van der Waals surface area contributed by atoms with Gasteiger partial charge in [0.25, 0.3) is 0 Å². The van der Waals surface area contributed by atoms with Gasteiger partial charge in [-0.3, -0.25) is 4.79 Å². The second-order valence-electron chi connectivity index (χ2n) is 4.69. The standard InChI is InChI=1S/C15H20N4O2/c1-3-19-11-17-18-14(19)9-16-15(20)12(2)21-10-13-7-5-4-6-8-13/h4-8,11-12H,3,9-10H2,1-2H3,(H,16,20)/t12-/m1/s1. The van der Waals surface area contributed by atoms with Crippen LogP contribution in [0, 0.1) is 0 Å². The number of nitrogens with one attached hydrogen (secondary N) is 1. The highest BCUT2D eigenvalue weighted by molar-refractivity contribution is 5.80. The van der Waals surface area contributed by atoms with Gasteiger partial charge in [0, 0.05) is 6.54 Å². The predicted octanol–water partition coefficient (Wildman–Crippen LogP) is 1.52. The van der Waals surface area contributed by atoms with Gasteiger partial charge in [0.05, 0.1) is 13.2 Å². The van der Waals surface area contributed by atoms with Crippen molar-refractivity contribution in [3.05, 3.63) is 48.0 Å². The minimum Gasteiger partial charge on any atom is -0.364 e. The maximum absolute atomic E-state index is 12.0. The second kappa shape index (κ2) is 7.54. The lowest BCUT2D eigenvalue weighted by molar-refractivity contribution is -0.132. The number of hydrogen-bond acceptors (Lipinski definition) is 4. The number of carbonyl (C=O) groups is 1. The molecule has 6 heteroatoms. The Balaban J connectivity index is 1.77. The van der Waals surface area contributed by atoms with Gasteiger partial charge in [0.15, 0.2) is 5.82 Å². The zero-order valence-electron chi connectivity index (χ0n) is 12.3. The van der Waals surface area contributed by atoms with Crippen LogP contribution in [0.1, 0.15) is 25.2 Å². The third-order valence-corrected chi connectivity index (χ3v) is 3.17. The van der Waals surface area contributed by atoms with Gasteiger partial charge < -0.3 is 14.6 Å². The normalized spacial score (nSPS) is 12.1. The predicted molar refractivity (Wildman–Crippen MR) is 78.2 cm³/mol. The fourth-order valence-corrected chi connectivity index (χ4v) is 1.86. The molecule has 0 fully saturated rings. The smallest absolute Gasteiger partial charge is 0.249 e. The highest BCUT2D eigenvalue weighted by Gasteiger charge is 2.14. The van der Waals surface area contributed by atoms with Crippen molar-refractivity contribution in [1.82, 2.24) is 20.1 Å². The molecule has 0 saturated heterocycles. The molecule has 6 nitrogen and oxygen atoms in total. The molecular formula is C15H20N4O2. The summed E-state index contributed by atoms with van der Waals surface area (Å²) in [4.78, 5) is 12.0. The van der Waals surface area contributed by atoms with Gasteiger partial charge >= 0.3 is 0 Å². The summed E-state index contributed by atoms with van der Waals surface area (Å²) in [6.07, 6.45) is 1.14. The van der Waals surface area contributed by atoms with Crippen molar-refractivity contribution in [3.8, 4) is 0 Å². The van der Waals surface area contributed by atoms with Crippen molar-refractivity contribution in [2.45, 2.75) is 39.6 Å². The van der Waals surface area contributed by atoms with Crippen LogP contribution < -0.4 is 5.32 Å². The Bertz CT molecular complexity index is 568. The summed E-state index contributed by atoms with van der Waals surface area (Å²) in [7, 11) is 0. The molecular weight excluding hydrogens is 268 g/mol. The van der Waals surface area contributed by atoms with Crippen molar-refractivity contribution in [3.63, 3.8) is 0 Å². The Kier molecular flexibility index (Phi) is 5.45. The van der Waals surface area contributed by atoms with E-state index in [2.05, 4.69) is 15.5 Å². The molecule has 1 atom stereocenters. The monoisotopic (exact) mass is 288 g/mol. The molecule has 0 bridgehead atoms. The molecule has 21 heavy (non-hydrogen) atoms. The number of ether oxygens (including phenoxy) is 1. The van der Waals surface area contributed by atoms with E-state index >= 15 is 0 Å². The zero-order chi connectivity index (χ0) is 15.1. The van der Waals surface area contributed by atoms with E-state index < -0.39 is 6.10 Å². The first-order valence-corrected chi connectivity index (χ1v) is 7.00. The first-order valence-electron chi connectivity index (χ1n) is 7.00. The van der Waals surface area contributed by atoms with Crippen molar-refractivity contribution in [2.24, 2.45) is 0 Å². The van der Waals surface area contributed by atoms with Crippen LogP contribution in [0.3, 0.4) is 0 Å². The summed E-state index contributed by atoms with van der Waals surface area (Å²) in [6, 6.07) is 9.77. The van der Waals surface area contributed by atoms with Crippen LogP contribution in [0.4, 0.5) is 0 Å². The Morgan fingerprint density at radius 1 is 1.38 bits per heavy atom. The van der Waals surface area contributed by atoms with Crippen molar-refractivity contribution in [1.29, 1.82) is 0 Å². The van der Waals surface area contributed by atoms with Gasteiger partial charge in [-0.25, -0.2) is 0 Å². The summed E-state index contributed by atoms with van der Waals surface area (Å²) >= 11 is 0. The van der Waals surface area contributed by atoms with Gasteiger partial charge in [0.2, 0.25) is 5.91 Å². The maximum atomic E-state index is 12.0. The van der Waals surface area contributed by atoms with E-state index in [1.807, 2.05) is 41.8 Å². The number of carbonyl (C=O) groups excluding carboxylic acids is 1. The van der Waals surface area contributed by atoms with Gasteiger partial charge in [0.1, 0.15) is 12.4 Å². The van der Waals surface area contributed by atoms with E-state index in [4.69, 9.17) is 4.74 Å². The summed E-state index contributed by atoms with van der Waals surface area (Å²) in [5, 5.41) is 10.6. The number of nitrogens with zero attached hydrogens (tertiary/aromatic N) is 3. The topological polar surface area (TPSA) is 69.0 Å². The zero-order valence-corrected chi connectivity index (χ0v) is 12.3. The average molecular weight is 288 g/mol. The average Bonchev–Trinajstić information content (AvgIpc) is 2.98. The lowest BCUT2D eigenvalue weighted by Crippen LogP contribution is -2.34. The highest BCUT2D eigenvalue weighted by atomic mass is 16.5. The van der Waals surface area contributed by atoms with E-state index in [9.17, 15) is 4.79 Å². The molecule has 1 heterocycles. The third kappa shape index (κ3) is 4.39.